The maximum Gasteiger partial charge on any atom is 0.417 e. The molecule has 3 saturated heterocycles. The Hall–Kier alpha value is -4.66. The molecule has 3 N–H and O–H groups in total. The quantitative estimate of drug-likeness (QED) is 0.128. The minimum atomic E-state index is -4.75. The fourth-order valence-electron chi connectivity index (χ4n) is 8.83. The Morgan fingerprint density at radius 1 is 0.983 bits per heavy atom. The number of piperazine rings is 1. The average Bonchev–Trinajstić information content (AvgIpc) is 3.32. The number of halogens is 3. The molecule has 1 aliphatic carbocycles. The van der Waals surface area contributed by atoms with Crippen molar-refractivity contribution in [2.24, 2.45) is 5.92 Å². The molecule has 0 bridgehead atoms. The first-order valence-corrected chi connectivity index (χ1v) is 20.7. The minimum Gasteiger partial charge on any atom is -0.374 e. The van der Waals surface area contributed by atoms with Crippen LogP contribution in [0.15, 0.2) is 47.4 Å². The van der Waals surface area contributed by atoms with Crippen LogP contribution in [0.5, 0.6) is 0 Å². The number of carbonyl (C=O) groups is 5. The summed E-state index contributed by atoms with van der Waals surface area (Å²) in [6, 6.07) is 11.0. The van der Waals surface area contributed by atoms with Gasteiger partial charge in [-0.2, -0.15) is 22.7 Å². The lowest BCUT2D eigenvalue weighted by atomic mass is 9.81. The number of piperidine rings is 1. The van der Waals surface area contributed by atoms with E-state index in [-0.39, 0.29) is 53.7 Å². The van der Waals surface area contributed by atoms with E-state index in [4.69, 9.17) is 5.26 Å². The second kappa shape index (κ2) is 17.7. The summed E-state index contributed by atoms with van der Waals surface area (Å²) in [4.78, 5) is 70.2. The van der Waals surface area contributed by atoms with E-state index in [0.29, 0.717) is 35.7 Å². The number of urea groups is 1. The van der Waals surface area contributed by atoms with E-state index in [1.54, 1.807) is 43.0 Å². The van der Waals surface area contributed by atoms with Gasteiger partial charge in [0.1, 0.15) is 11.6 Å². The predicted molar refractivity (Wildman–Crippen MR) is 212 cm³/mol. The lowest BCUT2D eigenvalue weighted by molar-refractivity contribution is -0.138. The van der Waals surface area contributed by atoms with Crippen LogP contribution in [0.25, 0.3) is 0 Å². The number of imide groups is 2. The second-order valence-electron chi connectivity index (χ2n) is 16.4. The molecule has 3 atom stereocenters. The van der Waals surface area contributed by atoms with Gasteiger partial charge in [-0.1, -0.05) is 6.07 Å². The molecule has 2 aromatic carbocycles. The number of benzene rings is 2. The average molecular weight is 825 g/mol. The molecule has 4 aliphatic rings. The molecular weight excluding hydrogens is 774 g/mol. The largest absolute Gasteiger partial charge is 0.417 e. The van der Waals surface area contributed by atoms with Crippen LogP contribution < -0.4 is 16.0 Å². The van der Waals surface area contributed by atoms with Crippen molar-refractivity contribution in [3.05, 3.63) is 53.6 Å². The van der Waals surface area contributed by atoms with Crippen molar-refractivity contribution in [1.82, 2.24) is 24.3 Å². The number of nitrogens with zero attached hydrogens (tertiary/aromatic N) is 5. The minimum absolute atomic E-state index is 0.0474. The van der Waals surface area contributed by atoms with Crippen molar-refractivity contribution in [1.29, 1.82) is 5.26 Å². The molecule has 312 valence electrons. The van der Waals surface area contributed by atoms with E-state index in [1.165, 1.54) is 6.07 Å². The number of hydrogen-bond acceptors (Lipinski definition) is 10. The van der Waals surface area contributed by atoms with Crippen molar-refractivity contribution in [3.8, 4) is 6.07 Å². The van der Waals surface area contributed by atoms with Crippen LogP contribution in [0.4, 0.5) is 29.3 Å². The number of nitriles is 1. The zero-order valence-corrected chi connectivity index (χ0v) is 34.0. The molecule has 6 rings (SSSR count). The standard InChI is InChI=1S/C41H51F3N8O5S/c1-25-22-49(23-26(2)50(25)24-36(54)47-30-9-5-8-29(19-30)46-34-16-17-35(53)48-37(34)55)18-6-7-27-10-13-31(14-11-27)51-39(57)52(38(56)40(51,3)4)58-32-15-12-28(21-45)33(20-32)41(42,43)44/h5,8-9,12,15,19-20,25-27,31,34,46H,6-7,10-11,13-14,16-18,22-24H2,1-4H3,(H,47,54)(H,48,53,55)/t25-,26+,27?,31?,34-/m0/s1. The number of anilines is 2. The van der Waals surface area contributed by atoms with E-state index in [1.807, 2.05) is 6.07 Å². The fourth-order valence-corrected chi connectivity index (χ4v) is 9.81. The zero-order chi connectivity index (χ0) is 41.9. The van der Waals surface area contributed by atoms with Gasteiger partial charge in [0.15, 0.2) is 0 Å². The summed E-state index contributed by atoms with van der Waals surface area (Å²) in [5.74, 6) is -0.766. The summed E-state index contributed by atoms with van der Waals surface area (Å²) in [6.07, 6.45) is 1.25. The van der Waals surface area contributed by atoms with Crippen LogP contribution in [-0.2, 0) is 25.4 Å². The smallest absolute Gasteiger partial charge is 0.374 e. The van der Waals surface area contributed by atoms with Crippen LogP contribution in [0.1, 0.15) is 90.2 Å². The molecule has 0 aromatic heterocycles. The highest BCUT2D eigenvalue weighted by molar-refractivity contribution is 7.98. The molecule has 2 aromatic rings. The highest BCUT2D eigenvalue weighted by Crippen LogP contribution is 2.42. The first-order valence-electron chi connectivity index (χ1n) is 19.9. The summed E-state index contributed by atoms with van der Waals surface area (Å²) in [7, 11) is 0. The lowest BCUT2D eigenvalue weighted by Gasteiger charge is -2.44. The number of nitrogens with one attached hydrogen (secondary N) is 3. The van der Waals surface area contributed by atoms with E-state index < -0.39 is 40.8 Å². The Bertz CT molecular complexity index is 1940. The van der Waals surface area contributed by atoms with Crippen molar-refractivity contribution >= 4 is 53.0 Å². The SMILES string of the molecule is C[C@@H]1CN(CCCC2CCC(N3C(=O)N(Sc4ccc(C#N)c(C(F)(F)F)c4)C(=O)C3(C)C)CC2)C[C@H](C)N1CC(=O)Nc1cccc(N[C@H]2CCC(=O)NC2=O)c1. The summed E-state index contributed by atoms with van der Waals surface area (Å²) in [6.45, 7) is 10.5. The Balaban J connectivity index is 0.930. The van der Waals surface area contributed by atoms with Crippen LogP contribution in [0, 0.1) is 17.2 Å². The maximum absolute atomic E-state index is 13.7. The maximum atomic E-state index is 13.7. The highest BCUT2D eigenvalue weighted by atomic mass is 32.2. The molecule has 17 heteroatoms. The molecule has 3 aliphatic heterocycles. The third-order valence-corrected chi connectivity index (χ3v) is 12.8. The fraction of sp³-hybridized carbons (Fsp3) is 0.561. The highest BCUT2D eigenvalue weighted by Gasteiger charge is 2.54. The predicted octanol–water partition coefficient (Wildman–Crippen LogP) is 6.22. The van der Waals surface area contributed by atoms with Crippen LogP contribution in [0.3, 0.4) is 0 Å². The van der Waals surface area contributed by atoms with Gasteiger partial charge >= 0.3 is 12.2 Å². The summed E-state index contributed by atoms with van der Waals surface area (Å²) in [5.41, 5.74) is -1.49. The molecule has 0 radical (unpaired) electrons. The van der Waals surface area contributed by atoms with E-state index in [2.05, 4.69) is 39.6 Å². The van der Waals surface area contributed by atoms with Crippen molar-refractivity contribution in [2.45, 2.75) is 120 Å². The molecule has 3 heterocycles. The molecular formula is C41H51F3N8O5S. The summed E-state index contributed by atoms with van der Waals surface area (Å²) in [5, 5.41) is 17.6. The molecule has 1 saturated carbocycles. The van der Waals surface area contributed by atoms with Crippen LogP contribution in [0.2, 0.25) is 0 Å². The molecule has 13 nitrogen and oxygen atoms in total. The third kappa shape index (κ3) is 9.78. The number of carbonyl (C=O) groups excluding carboxylic acids is 5. The summed E-state index contributed by atoms with van der Waals surface area (Å²) >= 11 is 0.657. The van der Waals surface area contributed by atoms with Gasteiger partial charge in [0.2, 0.25) is 17.7 Å². The normalized spacial score (nSPS) is 25.7. The number of amides is 6. The van der Waals surface area contributed by atoms with Gasteiger partial charge in [-0.15, -0.1) is 0 Å². The topological polar surface area (TPSA) is 158 Å². The van der Waals surface area contributed by atoms with Gasteiger partial charge in [-0.05, 0) is 133 Å². The van der Waals surface area contributed by atoms with Crippen LogP contribution >= 0.6 is 11.9 Å². The number of rotatable bonds is 12. The molecule has 58 heavy (non-hydrogen) atoms. The van der Waals surface area contributed by atoms with Gasteiger partial charge in [0, 0.05) is 53.9 Å². The Kier molecular flexibility index (Phi) is 13.1. The number of alkyl halides is 3. The van der Waals surface area contributed by atoms with Crippen molar-refractivity contribution in [3.63, 3.8) is 0 Å². The Morgan fingerprint density at radius 3 is 2.33 bits per heavy atom. The Morgan fingerprint density at radius 2 is 1.67 bits per heavy atom. The lowest BCUT2D eigenvalue weighted by Crippen LogP contribution is -2.58. The molecule has 4 fully saturated rings. The van der Waals surface area contributed by atoms with Gasteiger partial charge in [-0.25, -0.2) is 4.79 Å². The Labute approximate surface area is 341 Å². The van der Waals surface area contributed by atoms with Crippen molar-refractivity contribution < 1.29 is 37.1 Å². The van der Waals surface area contributed by atoms with Gasteiger partial charge in [-0.3, -0.25) is 29.4 Å². The van der Waals surface area contributed by atoms with Gasteiger partial charge < -0.3 is 20.4 Å². The van der Waals surface area contributed by atoms with Crippen LogP contribution in [-0.4, -0.2) is 105 Å². The molecule has 0 unspecified atom stereocenters. The van der Waals surface area contributed by atoms with Gasteiger partial charge in [0.25, 0.3) is 5.91 Å². The van der Waals surface area contributed by atoms with Gasteiger partial charge in [0.05, 0.1) is 23.7 Å². The first-order chi connectivity index (χ1) is 27.4. The molecule has 0 spiro atoms. The van der Waals surface area contributed by atoms with Crippen molar-refractivity contribution in [2.75, 3.05) is 36.8 Å². The monoisotopic (exact) mass is 824 g/mol. The zero-order valence-electron chi connectivity index (χ0n) is 33.2. The summed E-state index contributed by atoms with van der Waals surface area (Å²) < 4.78 is 41.7. The first kappa shape index (κ1) is 42.9. The second-order valence-corrected chi connectivity index (χ2v) is 17.5. The third-order valence-electron chi connectivity index (χ3n) is 11.8. The van der Waals surface area contributed by atoms with E-state index >= 15 is 0 Å². The number of hydrogen-bond donors (Lipinski definition) is 3. The van der Waals surface area contributed by atoms with E-state index in [0.717, 1.165) is 74.6 Å². The molecule has 6 amide bonds. The van der Waals surface area contributed by atoms with E-state index in [9.17, 15) is 37.1 Å².